The monoisotopic (exact) mass is 330 g/mol. The normalized spacial score (nSPS) is 11.0. The highest BCUT2D eigenvalue weighted by molar-refractivity contribution is 5.55. The van der Waals surface area contributed by atoms with Gasteiger partial charge in [-0.2, -0.15) is 4.80 Å². The van der Waals surface area contributed by atoms with E-state index in [1.165, 1.54) is 28.5 Å². The van der Waals surface area contributed by atoms with E-state index in [1.807, 2.05) is 0 Å². The van der Waals surface area contributed by atoms with Crippen molar-refractivity contribution in [1.82, 2.24) is 29.3 Å². The van der Waals surface area contributed by atoms with Crippen LogP contribution >= 0.6 is 0 Å². The van der Waals surface area contributed by atoms with E-state index in [2.05, 4.69) is 15.4 Å². The van der Waals surface area contributed by atoms with Crippen LogP contribution in [0, 0.1) is 12.7 Å². The van der Waals surface area contributed by atoms with Crippen molar-refractivity contribution in [1.29, 1.82) is 0 Å². The van der Waals surface area contributed by atoms with Gasteiger partial charge in [-0.15, -0.1) is 10.2 Å². The molecule has 8 nitrogen and oxygen atoms in total. The van der Waals surface area contributed by atoms with Crippen LogP contribution in [0.3, 0.4) is 0 Å². The zero-order valence-corrected chi connectivity index (χ0v) is 13.4. The van der Waals surface area contributed by atoms with Gasteiger partial charge < -0.3 is 0 Å². The Kier molecular flexibility index (Phi) is 3.84. The minimum atomic E-state index is -0.424. The molecule has 0 aliphatic rings. The Morgan fingerprint density at radius 3 is 2.58 bits per heavy atom. The van der Waals surface area contributed by atoms with Crippen LogP contribution in [0.2, 0.25) is 0 Å². The number of halogens is 1. The van der Waals surface area contributed by atoms with Crippen LogP contribution in [0.1, 0.15) is 11.3 Å². The maximum absolute atomic E-state index is 13.3. The van der Waals surface area contributed by atoms with E-state index >= 15 is 0 Å². The van der Waals surface area contributed by atoms with Gasteiger partial charge in [0.05, 0.1) is 5.69 Å². The third-order valence-electron chi connectivity index (χ3n) is 3.80. The van der Waals surface area contributed by atoms with Crippen molar-refractivity contribution in [2.45, 2.75) is 13.5 Å². The molecule has 0 spiro atoms. The Labute approximate surface area is 135 Å². The Morgan fingerprint density at radius 2 is 1.88 bits per heavy atom. The molecule has 3 aromatic rings. The first-order chi connectivity index (χ1) is 11.4. The first-order valence-corrected chi connectivity index (χ1v) is 7.17. The number of benzene rings is 1. The maximum Gasteiger partial charge on any atom is 0.330 e. The van der Waals surface area contributed by atoms with Crippen LogP contribution in [0.4, 0.5) is 4.39 Å². The molecule has 0 radical (unpaired) electrons. The fourth-order valence-electron chi connectivity index (χ4n) is 2.28. The van der Waals surface area contributed by atoms with Crippen LogP contribution in [0.5, 0.6) is 0 Å². The Balaban J connectivity index is 1.94. The molecule has 0 N–H and O–H groups in total. The van der Waals surface area contributed by atoms with Gasteiger partial charge in [-0.25, -0.2) is 9.18 Å². The SMILES string of the molecule is Cc1cc(-c2nnn(Cc3cc(=O)n(C)c(=O)n3C)n2)ccc1F. The summed E-state index contributed by atoms with van der Waals surface area (Å²) in [6.07, 6.45) is 0. The quantitative estimate of drug-likeness (QED) is 0.686. The zero-order valence-electron chi connectivity index (χ0n) is 13.4. The van der Waals surface area contributed by atoms with E-state index in [1.54, 1.807) is 26.1 Å². The lowest BCUT2D eigenvalue weighted by molar-refractivity contribution is 0.533. The molecule has 0 aliphatic heterocycles. The summed E-state index contributed by atoms with van der Waals surface area (Å²) in [5, 5.41) is 12.1. The van der Waals surface area contributed by atoms with E-state index < -0.39 is 11.2 Å². The number of aryl methyl sites for hydroxylation is 1. The highest BCUT2D eigenvalue weighted by Crippen LogP contribution is 2.17. The molecule has 2 heterocycles. The molecule has 2 aromatic heterocycles. The number of hydrogen-bond acceptors (Lipinski definition) is 5. The van der Waals surface area contributed by atoms with Crippen molar-refractivity contribution >= 4 is 0 Å². The van der Waals surface area contributed by atoms with Crippen LogP contribution < -0.4 is 11.2 Å². The van der Waals surface area contributed by atoms with Gasteiger partial charge >= 0.3 is 5.69 Å². The molecule has 9 heteroatoms. The van der Waals surface area contributed by atoms with Crippen molar-refractivity contribution in [2.75, 3.05) is 0 Å². The van der Waals surface area contributed by atoms with Gasteiger partial charge in [-0.05, 0) is 35.9 Å². The summed E-state index contributed by atoms with van der Waals surface area (Å²) < 4.78 is 15.7. The number of tetrazole rings is 1. The highest BCUT2D eigenvalue weighted by atomic mass is 19.1. The van der Waals surface area contributed by atoms with Crippen molar-refractivity contribution in [2.24, 2.45) is 14.1 Å². The second-order valence-corrected chi connectivity index (χ2v) is 5.48. The molecule has 1 aromatic carbocycles. The van der Waals surface area contributed by atoms with Crippen molar-refractivity contribution < 1.29 is 4.39 Å². The van der Waals surface area contributed by atoms with E-state index in [0.29, 0.717) is 22.6 Å². The molecule has 0 saturated heterocycles. The number of rotatable bonds is 3. The summed E-state index contributed by atoms with van der Waals surface area (Å²) in [6.45, 7) is 1.77. The molecule has 0 saturated carbocycles. The van der Waals surface area contributed by atoms with E-state index in [9.17, 15) is 14.0 Å². The topological polar surface area (TPSA) is 87.6 Å². The Morgan fingerprint density at radius 1 is 1.12 bits per heavy atom. The predicted molar refractivity (Wildman–Crippen MR) is 84.0 cm³/mol. The van der Waals surface area contributed by atoms with Gasteiger partial charge in [0.2, 0.25) is 5.82 Å². The summed E-state index contributed by atoms with van der Waals surface area (Å²) in [4.78, 5) is 24.9. The molecule has 0 atom stereocenters. The average Bonchev–Trinajstić information content (AvgIpc) is 3.01. The summed E-state index contributed by atoms with van der Waals surface area (Å²) in [5.41, 5.74) is 0.757. The molecular formula is C15H15FN6O2. The largest absolute Gasteiger partial charge is 0.330 e. The smallest absolute Gasteiger partial charge is 0.299 e. The highest BCUT2D eigenvalue weighted by Gasteiger charge is 2.11. The zero-order chi connectivity index (χ0) is 17.4. The van der Waals surface area contributed by atoms with Gasteiger partial charge in [-0.1, -0.05) is 0 Å². The second-order valence-electron chi connectivity index (χ2n) is 5.48. The third kappa shape index (κ3) is 2.75. The first kappa shape index (κ1) is 15.8. The molecule has 0 fully saturated rings. The Hall–Kier alpha value is -3.10. The van der Waals surface area contributed by atoms with Gasteiger partial charge in [-0.3, -0.25) is 13.9 Å². The lowest BCUT2D eigenvalue weighted by Crippen LogP contribution is -2.38. The van der Waals surface area contributed by atoms with Crippen molar-refractivity contribution in [3.05, 3.63) is 62.2 Å². The molecule has 24 heavy (non-hydrogen) atoms. The fraction of sp³-hybridized carbons (Fsp3) is 0.267. The molecule has 0 amide bonds. The lowest BCUT2D eigenvalue weighted by atomic mass is 10.1. The van der Waals surface area contributed by atoms with E-state index in [4.69, 9.17) is 0 Å². The molecule has 3 rings (SSSR count). The van der Waals surface area contributed by atoms with Crippen LogP contribution in [-0.2, 0) is 20.6 Å². The molecule has 0 unspecified atom stereocenters. The molecule has 0 bridgehead atoms. The van der Waals surface area contributed by atoms with Gasteiger partial charge in [0.15, 0.2) is 0 Å². The minimum absolute atomic E-state index is 0.120. The standard InChI is InChI=1S/C15H15FN6O2/c1-9-6-10(4-5-12(9)16)14-17-19-22(18-14)8-11-7-13(23)21(3)15(24)20(11)2/h4-7H,8H2,1-3H3. The maximum atomic E-state index is 13.3. The fourth-order valence-corrected chi connectivity index (χ4v) is 2.28. The molecular weight excluding hydrogens is 315 g/mol. The van der Waals surface area contributed by atoms with Crippen molar-refractivity contribution in [3.63, 3.8) is 0 Å². The van der Waals surface area contributed by atoms with Crippen LogP contribution in [0.15, 0.2) is 33.9 Å². The Bertz CT molecular complexity index is 1030. The van der Waals surface area contributed by atoms with Gasteiger partial charge in [0.1, 0.15) is 12.4 Å². The van der Waals surface area contributed by atoms with Crippen molar-refractivity contribution in [3.8, 4) is 11.4 Å². The summed E-state index contributed by atoms with van der Waals surface area (Å²) in [7, 11) is 2.98. The summed E-state index contributed by atoms with van der Waals surface area (Å²) in [5.74, 6) is 0.0354. The van der Waals surface area contributed by atoms with E-state index in [-0.39, 0.29) is 12.4 Å². The van der Waals surface area contributed by atoms with Crippen LogP contribution in [0.25, 0.3) is 11.4 Å². The van der Waals surface area contributed by atoms with Gasteiger partial charge in [0.25, 0.3) is 5.56 Å². The lowest BCUT2D eigenvalue weighted by Gasteiger charge is -2.08. The number of hydrogen-bond donors (Lipinski definition) is 0. The second kappa shape index (κ2) is 5.84. The van der Waals surface area contributed by atoms with Crippen LogP contribution in [-0.4, -0.2) is 29.3 Å². The molecule has 0 aliphatic carbocycles. The predicted octanol–water partition coefficient (Wildman–Crippen LogP) is 0.233. The van der Waals surface area contributed by atoms with Gasteiger partial charge in [0, 0.05) is 25.7 Å². The average molecular weight is 330 g/mol. The number of nitrogens with zero attached hydrogens (tertiary/aromatic N) is 6. The third-order valence-corrected chi connectivity index (χ3v) is 3.80. The minimum Gasteiger partial charge on any atom is -0.299 e. The molecule has 124 valence electrons. The number of aromatic nitrogens is 6. The summed E-state index contributed by atoms with van der Waals surface area (Å²) >= 11 is 0. The van der Waals surface area contributed by atoms with E-state index in [0.717, 1.165) is 4.57 Å². The summed E-state index contributed by atoms with van der Waals surface area (Å²) in [6, 6.07) is 5.89. The first-order valence-electron chi connectivity index (χ1n) is 7.17.